The topological polar surface area (TPSA) is 15.3 Å². The first-order valence-corrected chi connectivity index (χ1v) is 5.85. The van der Waals surface area contributed by atoms with Gasteiger partial charge in [0.1, 0.15) is 0 Å². The molecule has 96 valence electrons. The first kappa shape index (κ1) is 13.8. The molecule has 0 amide bonds. The molecule has 1 rings (SSSR count). The van der Waals surface area contributed by atoms with Gasteiger partial charge in [0, 0.05) is 6.04 Å². The van der Waals surface area contributed by atoms with E-state index in [1.807, 2.05) is 0 Å². The summed E-state index contributed by atoms with van der Waals surface area (Å²) in [7, 11) is 2.08. The summed E-state index contributed by atoms with van der Waals surface area (Å²) < 4.78 is 36.2. The van der Waals surface area contributed by atoms with Gasteiger partial charge in [0.25, 0.3) is 0 Å². The molecule has 1 aliphatic heterocycles. The van der Waals surface area contributed by atoms with Crippen molar-refractivity contribution in [1.82, 2.24) is 10.2 Å². The Hall–Kier alpha value is -0.290. The van der Waals surface area contributed by atoms with E-state index in [2.05, 4.69) is 17.3 Å². The van der Waals surface area contributed by atoms with Gasteiger partial charge in [-0.25, -0.2) is 0 Å². The quantitative estimate of drug-likeness (QED) is 0.808. The van der Waals surface area contributed by atoms with Crippen LogP contribution in [0, 0.1) is 5.92 Å². The summed E-state index contributed by atoms with van der Waals surface area (Å²) in [6.07, 6.45) is -2.62. The number of likely N-dealkylation sites (tertiary alicyclic amines) is 1. The molecule has 1 fully saturated rings. The Morgan fingerprint density at radius 2 is 1.88 bits per heavy atom. The van der Waals surface area contributed by atoms with Crippen LogP contribution in [0.25, 0.3) is 0 Å². The van der Waals surface area contributed by atoms with Gasteiger partial charge in [0.15, 0.2) is 0 Å². The third-order valence-corrected chi connectivity index (χ3v) is 3.13. The van der Waals surface area contributed by atoms with Crippen LogP contribution in [0.5, 0.6) is 0 Å². The fraction of sp³-hybridized carbons (Fsp3) is 1.00. The normalized spacial score (nSPS) is 22.3. The number of rotatable bonds is 4. The molecule has 5 heteroatoms. The Morgan fingerprint density at radius 3 is 2.38 bits per heavy atom. The molecule has 0 aliphatic carbocycles. The lowest BCUT2D eigenvalue weighted by Crippen LogP contribution is -2.39. The fourth-order valence-electron chi connectivity index (χ4n) is 2.05. The van der Waals surface area contributed by atoms with E-state index in [-0.39, 0.29) is 0 Å². The van der Waals surface area contributed by atoms with Crippen molar-refractivity contribution in [3.63, 3.8) is 0 Å². The molecule has 1 aliphatic rings. The van der Waals surface area contributed by atoms with E-state index in [0.717, 1.165) is 25.9 Å². The molecule has 16 heavy (non-hydrogen) atoms. The molecule has 1 unspecified atom stereocenters. The van der Waals surface area contributed by atoms with Crippen molar-refractivity contribution in [2.75, 3.05) is 26.7 Å². The monoisotopic (exact) mass is 238 g/mol. The van der Waals surface area contributed by atoms with E-state index in [1.54, 1.807) is 6.92 Å². The number of halogens is 3. The van der Waals surface area contributed by atoms with Crippen LogP contribution in [0.3, 0.4) is 0 Å². The molecule has 2 nitrogen and oxygen atoms in total. The van der Waals surface area contributed by atoms with E-state index < -0.39 is 18.6 Å². The predicted octanol–water partition coefficient (Wildman–Crippen LogP) is 2.26. The second kappa shape index (κ2) is 5.87. The number of nitrogens with one attached hydrogen (secondary N) is 1. The Labute approximate surface area is 95.2 Å². The number of nitrogens with zero attached hydrogens (tertiary/aromatic N) is 1. The summed E-state index contributed by atoms with van der Waals surface area (Å²) >= 11 is 0. The zero-order valence-electron chi connectivity index (χ0n) is 9.98. The highest BCUT2D eigenvalue weighted by Crippen LogP contribution is 2.22. The average molecular weight is 238 g/mol. The SMILES string of the molecule is CC(CC(F)(F)F)NCC1CCN(C)CC1. The number of hydrogen-bond donors (Lipinski definition) is 1. The van der Waals surface area contributed by atoms with Crippen LogP contribution in [0.15, 0.2) is 0 Å². The molecule has 1 saturated heterocycles. The van der Waals surface area contributed by atoms with E-state index >= 15 is 0 Å². The van der Waals surface area contributed by atoms with Crippen molar-refractivity contribution in [3.05, 3.63) is 0 Å². The van der Waals surface area contributed by atoms with E-state index in [4.69, 9.17) is 0 Å². The molecule has 0 radical (unpaired) electrons. The van der Waals surface area contributed by atoms with Gasteiger partial charge in [-0.3, -0.25) is 0 Å². The zero-order valence-corrected chi connectivity index (χ0v) is 9.98. The second-order valence-electron chi connectivity index (χ2n) is 4.88. The average Bonchev–Trinajstić information content (AvgIpc) is 2.14. The van der Waals surface area contributed by atoms with Crippen LogP contribution in [0.2, 0.25) is 0 Å². The van der Waals surface area contributed by atoms with Crippen LogP contribution < -0.4 is 5.32 Å². The Balaban J connectivity index is 2.14. The first-order chi connectivity index (χ1) is 7.37. The minimum atomic E-state index is -4.06. The molecule has 1 heterocycles. The highest BCUT2D eigenvalue weighted by molar-refractivity contribution is 4.74. The summed E-state index contributed by atoms with van der Waals surface area (Å²) in [5, 5.41) is 2.99. The number of piperidine rings is 1. The van der Waals surface area contributed by atoms with Gasteiger partial charge in [0.05, 0.1) is 6.42 Å². The molecule has 0 aromatic heterocycles. The van der Waals surface area contributed by atoms with Gasteiger partial charge in [-0.2, -0.15) is 13.2 Å². The Morgan fingerprint density at radius 1 is 1.31 bits per heavy atom. The van der Waals surface area contributed by atoms with E-state index in [9.17, 15) is 13.2 Å². The smallest absolute Gasteiger partial charge is 0.314 e. The summed E-state index contributed by atoms with van der Waals surface area (Å²) in [6, 6.07) is -0.473. The standard InChI is InChI=1S/C11H21F3N2/c1-9(7-11(12,13)14)15-8-10-3-5-16(2)6-4-10/h9-10,15H,3-8H2,1-2H3. The van der Waals surface area contributed by atoms with Gasteiger partial charge in [0.2, 0.25) is 0 Å². The third kappa shape index (κ3) is 5.70. The van der Waals surface area contributed by atoms with E-state index in [1.165, 1.54) is 0 Å². The van der Waals surface area contributed by atoms with Gasteiger partial charge in [-0.1, -0.05) is 0 Å². The second-order valence-corrected chi connectivity index (χ2v) is 4.88. The fourth-order valence-corrected chi connectivity index (χ4v) is 2.05. The molecular weight excluding hydrogens is 217 g/mol. The summed E-state index contributed by atoms with van der Waals surface area (Å²) in [4.78, 5) is 2.26. The third-order valence-electron chi connectivity index (χ3n) is 3.13. The molecule has 0 aromatic rings. The van der Waals surface area contributed by atoms with Crippen molar-refractivity contribution in [1.29, 1.82) is 0 Å². The molecule has 1 N–H and O–H groups in total. The lowest BCUT2D eigenvalue weighted by Gasteiger charge is -2.30. The van der Waals surface area contributed by atoms with Crippen molar-refractivity contribution >= 4 is 0 Å². The van der Waals surface area contributed by atoms with Crippen molar-refractivity contribution in [2.45, 2.75) is 38.4 Å². The lowest BCUT2D eigenvalue weighted by molar-refractivity contribution is -0.139. The highest BCUT2D eigenvalue weighted by Gasteiger charge is 2.30. The van der Waals surface area contributed by atoms with Gasteiger partial charge in [-0.15, -0.1) is 0 Å². The largest absolute Gasteiger partial charge is 0.390 e. The van der Waals surface area contributed by atoms with Crippen LogP contribution in [0.4, 0.5) is 13.2 Å². The minimum absolute atomic E-state index is 0.473. The Kier molecular flexibility index (Phi) is 5.05. The number of alkyl halides is 3. The van der Waals surface area contributed by atoms with Gasteiger partial charge in [-0.05, 0) is 52.4 Å². The summed E-state index contributed by atoms with van der Waals surface area (Å²) in [5.41, 5.74) is 0. The van der Waals surface area contributed by atoms with Crippen LogP contribution in [0.1, 0.15) is 26.2 Å². The van der Waals surface area contributed by atoms with Gasteiger partial charge >= 0.3 is 6.18 Å². The predicted molar refractivity (Wildman–Crippen MR) is 58.4 cm³/mol. The maximum atomic E-state index is 12.1. The molecular formula is C11H21F3N2. The van der Waals surface area contributed by atoms with Crippen LogP contribution in [-0.2, 0) is 0 Å². The number of hydrogen-bond acceptors (Lipinski definition) is 2. The van der Waals surface area contributed by atoms with Crippen molar-refractivity contribution in [2.24, 2.45) is 5.92 Å². The summed E-state index contributed by atoms with van der Waals surface area (Å²) in [6.45, 7) is 4.42. The molecule has 0 saturated carbocycles. The van der Waals surface area contributed by atoms with Crippen molar-refractivity contribution < 1.29 is 13.2 Å². The molecule has 0 aromatic carbocycles. The van der Waals surface area contributed by atoms with Crippen LogP contribution >= 0.6 is 0 Å². The molecule has 1 atom stereocenters. The van der Waals surface area contributed by atoms with Crippen molar-refractivity contribution in [3.8, 4) is 0 Å². The maximum absolute atomic E-state index is 12.1. The van der Waals surface area contributed by atoms with E-state index in [0.29, 0.717) is 12.5 Å². The lowest BCUT2D eigenvalue weighted by atomic mass is 9.97. The summed E-state index contributed by atoms with van der Waals surface area (Å²) in [5.74, 6) is 0.534. The van der Waals surface area contributed by atoms with Crippen LogP contribution in [-0.4, -0.2) is 43.8 Å². The molecule has 0 spiro atoms. The van der Waals surface area contributed by atoms with Gasteiger partial charge < -0.3 is 10.2 Å². The zero-order chi connectivity index (χ0) is 12.2. The first-order valence-electron chi connectivity index (χ1n) is 5.85. The maximum Gasteiger partial charge on any atom is 0.390 e. The minimum Gasteiger partial charge on any atom is -0.314 e. The Bertz CT molecular complexity index is 198. The molecule has 0 bridgehead atoms. The highest BCUT2D eigenvalue weighted by atomic mass is 19.4.